The van der Waals surface area contributed by atoms with Gasteiger partial charge in [0.15, 0.2) is 0 Å². The number of hydrogen-bond acceptors (Lipinski definition) is 3. The van der Waals surface area contributed by atoms with Crippen LogP contribution in [0.4, 0.5) is 0 Å². The molecule has 1 aromatic rings. The van der Waals surface area contributed by atoms with Gasteiger partial charge >= 0.3 is 0 Å². The Balaban J connectivity index is 2.55. The molecule has 0 saturated heterocycles. The fraction of sp³-hybridized carbons (Fsp3) is 0.333. The lowest BCUT2D eigenvalue weighted by atomic mass is 10.2. The van der Waals surface area contributed by atoms with Gasteiger partial charge in [-0.25, -0.2) is 4.98 Å². The van der Waals surface area contributed by atoms with E-state index >= 15 is 0 Å². The summed E-state index contributed by atoms with van der Waals surface area (Å²) in [5, 5.41) is 0. The van der Waals surface area contributed by atoms with Crippen LogP contribution in [0.5, 0.6) is 0 Å². The number of fused-ring (bicyclic) bond motifs is 1. The van der Waals surface area contributed by atoms with Gasteiger partial charge in [-0.1, -0.05) is 0 Å². The maximum Gasteiger partial charge on any atom is 0.144 e. The maximum atomic E-state index is 5.57. The van der Waals surface area contributed by atoms with Crippen molar-refractivity contribution in [2.45, 2.75) is 6.42 Å². The van der Waals surface area contributed by atoms with E-state index in [1.54, 1.807) is 6.33 Å². The fourth-order valence-corrected chi connectivity index (χ4v) is 1.10. The Morgan fingerprint density at radius 3 is 3.30 bits per heavy atom. The predicted molar refractivity (Wildman–Crippen MR) is 37.9 cm³/mol. The smallest absolute Gasteiger partial charge is 0.144 e. The van der Waals surface area contributed by atoms with E-state index in [4.69, 9.17) is 5.73 Å². The molecule has 3 N–H and O–H groups in total. The molecule has 2 rings (SSSR count). The highest BCUT2D eigenvalue weighted by Gasteiger charge is 2.12. The molecule has 1 aliphatic heterocycles. The Morgan fingerprint density at radius 2 is 2.50 bits per heavy atom. The fourth-order valence-electron chi connectivity index (χ4n) is 1.10. The molecule has 0 bridgehead atoms. The van der Waals surface area contributed by atoms with Crippen LogP contribution >= 0.6 is 0 Å². The van der Waals surface area contributed by atoms with Gasteiger partial charge < -0.3 is 10.7 Å². The Kier molecular flexibility index (Phi) is 1.00. The van der Waals surface area contributed by atoms with Crippen LogP contribution in [0.2, 0.25) is 0 Å². The van der Waals surface area contributed by atoms with Crippen molar-refractivity contribution < 1.29 is 0 Å². The minimum Gasteiger partial charge on any atom is -0.382 e. The van der Waals surface area contributed by atoms with E-state index in [1.165, 1.54) is 0 Å². The molecule has 0 radical (unpaired) electrons. The second-order valence-corrected chi connectivity index (χ2v) is 2.24. The number of nitrogens with zero attached hydrogens (tertiary/aromatic N) is 2. The van der Waals surface area contributed by atoms with Gasteiger partial charge in [-0.15, -0.1) is 0 Å². The molecule has 0 unspecified atom stereocenters. The van der Waals surface area contributed by atoms with E-state index < -0.39 is 0 Å². The Morgan fingerprint density at radius 1 is 1.60 bits per heavy atom. The summed E-state index contributed by atoms with van der Waals surface area (Å²) in [4.78, 5) is 11.1. The molecule has 0 aromatic carbocycles. The molecule has 0 saturated carbocycles. The van der Waals surface area contributed by atoms with Gasteiger partial charge in [0, 0.05) is 13.0 Å². The van der Waals surface area contributed by atoms with Crippen LogP contribution in [-0.4, -0.2) is 22.3 Å². The number of amidine groups is 1. The van der Waals surface area contributed by atoms with E-state index in [0.717, 1.165) is 24.4 Å². The minimum atomic E-state index is 0.582. The van der Waals surface area contributed by atoms with Gasteiger partial charge in [-0.05, 0) is 0 Å². The molecule has 1 aromatic heterocycles. The lowest BCUT2D eigenvalue weighted by Crippen LogP contribution is -2.20. The van der Waals surface area contributed by atoms with Gasteiger partial charge in [0.05, 0.1) is 12.0 Å². The van der Waals surface area contributed by atoms with Crippen molar-refractivity contribution in [1.82, 2.24) is 9.97 Å². The Bertz CT molecular complexity index is 273. The summed E-state index contributed by atoms with van der Waals surface area (Å²) in [6, 6.07) is 0. The standard InChI is InChI=1S/C6H8N4/c7-6-5-4(1-2-8-6)9-3-10-5/h3H,1-2H2,(H2,7,8)(H,9,10). The summed E-state index contributed by atoms with van der Waals surface area (Å²) >= 11 is 0. The molecule has 4 heteroatoms. The molecule has 4 nitrogen and oxygen atoms in total. The number of H-pyrrole nitrogens is 1. The topological polar surface area (TPSA) is 67.1 Å². The average molecular weight is 136 g/mol. The van der Waals surface area contributed by atoms with Crippen molar-refractivity contribution in [3.8, 4) is 0 Å². The monoisotopic (exact) mass is 136 g/mol. The first-order valence-electron chi connectivity index (χ1n) is 3.20. The van der Waals surface area contributed by atoms with Crippen molar-refractivity contribution in [2.24, 2.45) is 10.7 Å². The van der Waals surface area contributed by atoms with Crippen LogP contribution in [-0.2, 0) is 6.42 Å². The number of rotatable bonds is 0. The number of hydrogen-bond donors (Lipinski definition) is 2. The predicted octanol–water partition coefficient (Wildman–Crippen LogP) is -0.329. The van der Waals surface area contributed by atoms with Crippen LogP contribution in [0.15, 0.2) is 11.3 Å². The lowest BCUT2D eigenvalue weighted by Gasteiger charge is -2.05. The van der Waals surface area contributed by atoms with Crippen molar-refractivity contribution in [3.05, 3.63) is 17.7 Å². The Hall–Kier alpha value is -1.32. The molecular formula is C6H8N4. The highest BCUT2D eigenvalue weighted by molar-refractivity contribution is 5.97. The van der Waals surface area contributed by atoms with Crippen molar-refractivity contribution in [1.29, 1.82) is 0 Å². The first-order valence-corrected chi connectivity index (χ1v) is 3.20. The molecule has 10 heavy (non-hydrogen) atoms. The quantitative estimate of drug-likeness (QED) is 0.513. The SMILES string of the molecule is NC1=NCCc2nc[nH]c21. The zero-order valence-electron chi connectivity index (χ0n) is 5.46. The molecule has 2 heterocycles. The third kappa shape index (κ3) is 0.618. The van der Waals surface area contributed by atoms with Crippen molar-refractivity contribution >= 4 is 5.84 Å². The molecular weight excluding hydrogens is 128 g/mol. The first kappa shape index (κ1) is 5.46. The molecule has 0 aliphatic carbocycles. The molecule has 0 fully saturated rings. The van der Waals surface area contributed by atoms with Gasteiger partial charge in [-0.2, -0.15) is 0 Å². The molecule has 0 amide bonds. The third-order valence-corrected chi connectivity index (χ3v) is 1.60. The van der Waals surface area contributed by atoms with Gasteiger partial charge in [-0.3, -0.25) is 4.99 Å². The normalized spacial score (nSPS) is 16.2. The summed E-state index contributed by atoms with van der Waals surface area (Å²) in [7, 11) is 0. The van der Waals surface area contributed by atoms with Crippen LogP contribution in [0.1, 0.15) is 11.4 Å². The number of aromatic nitrogens is 2. The summed E-state index contributed by atoms with van der Waals surface area (Å²) in [6.45, 7) is 0.768. The number of nitrogens with one attached hydrogen (secondary N) is 1. The lowest BCUT2D eigenvalue weighted by molar-refractivity contribution is 0.907. The van der Waals surface area contributed by atoms with Crippen molar-refractivity contribution in [3.63, 3.8) is 0 Å². The van der Waals surface area contributed by atoms with Crippen LogP contribution in [0, 0.1) is 0 Å². The van der Waals surface area contributed by atoms with E-state index in [1.807, 2.05) is 0 Å². The minimum absolute atomic E-state index is 0.582. The number of aliphatic imine (C=N–C) groups is 1. The summed E-state index contributed by atoms with van der Waals surface area (Å²) in [5.41, 5.74) is 7.50. The molecule has 0 atom stereocenters. The van der Waals surface area contributed by atoms with E-state index in [9.17, 15) is 0 Å². The molecule has 1 aliphatic rings. The Labute approximate surface area is 58.2 Å². The van der Waals surface area contributed by atoms with Gasteiger partial charge in [0.25, 0.3) is 0 Å². The molecule has 52 valence electrons. The van der Waals surface area contributed by atoms with Crippen LogP contribution in [0.3, 0.4) is 0 Å². The zero-order chi connectivity index (χ0) is 6.97. The summed E-state index contributed by atoms with van der Waals surface area (Å²) in [6.07, 6.45) is 2.55. The zero-order valence-corrected chi connectivity index (χ0v) is 5.46. The highest BCUT2D eigenvalue weighted by Crippen LogP contribution is 2.07. The average Bonchev–Trinajstić information content (AvgIpc) is 2.36. The number of imidazole rings is 1. The second kappa shape index (κ2) is 1.83. The highest BCUT2D eigenvalue weighted by atomic mass is 15.0. The third-order valence-electron chi connectivity index (χ3n) is 1.60. The second-order valence-electron chi connectivity index (χ2n) is 2.24. The van der Waals surface area contributed by atoms with E-state index in [0.29, 0.717) is 5.84 Å². The molecule has 0 spiro atoms. The first-order chi connectivity index (χ1) is 4.88. The number of aromatic amines is 1. The van der Waals surface area contributed by atoms with Gasteiger partial charge in [0.2, 0.25) is 0 Å². The summed E-state index contributed by atoms with van der Waals surface area (Å²) in [5.74, 6) is 0.582. The van der Waals surface area contributed by atoms with E-state index in [-0.39, 0.29) is 0 Å². The van der Waals surface area contributed by atoms with E-state index in [2.05, 4.69) is 15.0 Å². The van der Waals surface area contributed by atoms with Crippen LogP contribution in [0.25, 0.3) is 0 Å². The maximum absolute atomic E-state index is 5.57. The summed E-state index contributed by atoms with van der Waals surface area (Å²) < 4.78 is 0. The largest absolute Gasteiger partial charge is 0.382 e. The number of nitrogens with two attached hydrogens (primary N) is 1. The van der Waals surface area contributed by atoms with Crippen molar-refractivity contribution in [2.75, 3.05) is 6.54 Å². The van der Waals surface area contributed by atoms with Crippen LogP contribution < -0.4 is 5.73 Å². The van der Waals surface area contributed by atoms with Gasteiger partial charge in [0.1, 0.15) is 11.5 Å².